The van der Waals surface area contributed by atoms with Crippen molar-refractivity contribution in [3.8, 4) is 0 Å². The van der Waals surface area contributed by atoms with E-state index in [2.05, 4.69) is 18.7 Å². The molecular formula is C15H23NO. The van der Waals surface area contributed by atoms with Crippen LogP contribution < -0.4 is 0 Å². The van der Waals surface area contributed by atoms with Crippen LogP contribution in [-0.4, -0.2) is 30.3 Å². The predicted molar refractivity (Wildman–Crippen MR) is 72.4 cm³/mol. The molecule has 1 aromatic rings. The first-order valence-electron chi connectivity index (χ1n) is 6.50. The maximum atomic E-state index is 12.3. The van der Waals surface area contributed by atoms with E-state index in [1.165, 1.54) is 6.42 Å². The van der Waals surface area contributed by atoms with Gasteiger partial charge in [-0.2, -0.15) is 0 Å². The van der Waals surface area contributed by atoms with Crippen molar-refractivity contribution in [1.82, 2.24) is 4.90 Å². The fourth-order valence-corrected chi connectivity index (χ4v) is 2.06. The van der Waals surface area contributed by atoms with E-state index in [0.717, 1.165) is 24.9 Å². The summed E-state index contributed by atoms with van der Waals surface area (Å²) in [7, 11) is 2.05. The van der Waals surface area contributed by atoms with Crippen molar-refractivity contribution in [3.63, 3.8) is 0 Å². The number of Topliss-reactive ketones (excluding diaryl/α,β-unsaturated/α-hetero) is 1. The molecule has 0 bridgehead atoms. The molecule has 0 heterocycles. The second-order valence-corrected chi connectivity index (χ2v) is 4.49. The summed E-state index contributed by atoms with van der Waals surface area (Å²) in [5.74, 6) is 0.242. The molecule has 1 unspecified atom stereocenters. The lowest BCUT2D eigenvalue weighted by Gasteiger charge is -2.25. The largest absolute Gasteiger partial charge is 0.296 e. The van der Waals surface area contributed by atoms with Gasteiger partial charge in [0, 0.05) is 5.56 Å². The summed E-state index contributed by atoms with van der Waals surface area (Å²) in [6, 6.07) is 9.61. The lowest BCUT2D eigenvalue weighted by molar-refractivity contribution is 0.0844. The third kappa shape index (κ3) is 3.97. The number of likely N-dealkylation sites (N-methyl/N-ethyl adjacent to an activating group) is 1. The van der Waals surface area contributed by atoms with E-state index in [1.807, 2.05) is 37.4 Å². The maximum Gasteiger partial charge on any atom is 0.179 e. The van der Waals surface area contributed by atoms with Gasteiger partial charge >= 0.3 is 0 Å². The van der Waals surface area contributed by atoms with Crippen LogP contribution in [0.1, 0.15) is 43.5 Å². The highest BCUT2D eigenvalue weighted by atomic mass is 16.1. The minimum atomic E-state index is 0.0175. The van der Waals surface area contributed by atoms with Crippen molar-refractivity contribution < 1.29 is 4.79 Å². The molecule has 0 radical (unpaired) electrons. The van der Waals surface area contributed by atoms with E-state index < -0.39 is 0 Å². The average Bonchev–Trinajstić information content (AvgIpc) is 2.38. The molecule has 0 fully saturated rings. The van der Waals surface area contributed by atoms with Gasteiger partial charge in [-0.1, -0.05) is 50.6 Å². The van der Waals surface area contributed by atoms with Crippen LogP contribution in [0.2, 0.25) is 0 Å². The molecular weight excluding hydrogens is 210 g/mol. The molecule has 0 saturated heterocycles. The van der Waals surface area contributed by atoms with Crippen LogP contribution in [0.5, 0.6) is 0 Å². The zero-order valence-corrected chi connectivity index (χ0v) is 11.1. The number of rotatable bonds is 7. The number of unbranched alkanes of at least 4 members (excludes halogenated alkanes) is 1. The van der Waals surface area contributed by atoms with Crippen LogP contribution >= 0.6 is 0 Å². The van der Waals surface area contributed by atoms with Gasteiger partial charge in [0.25, 0.3) is 0 Å². The van der Waals surface area contributed by atoms with Gasteiger partial charge in [0.15, 0.2) is 5.78 Å². The summed E-state index contributed by atoms with van der Waals surface area (Å²) in [6.07, 6.45) is 3.18. The van der Waals surface area contributed by atoms with E-state index in [4.69, 9.17) is 0 Å². The molecule has 94 valence electrons. The van der Waals surface area contributed by atoms with E-state index in [1.54, 1.807) is 0 Å². The van der Waals surface area contributed by atoms with Gasteiger partial charge in [-0.05, 0) is 26.4 Å². The van der Waals surface area contributed by atoms with Crippen molar-refractivity contribution in [1.29, 1.82) is 0 Å². The van der Waals surface area contributed by atoms with Crippen LogP contribution in [0.3, 0.4) is 0 Å². The first kappa shape index (κ1) is 13.9. The Morgan fingerprint density at radius 3 is 2.41 bits per heavy atom. The maximum absolute atomic E-state index is 12.3. The van der Waals surface area contributed by atoms with Gasteiger partial charge in [-0.3, -0.25) is 9.69 Å². The van der Waals surface area contributed by atoms with Crippen molar-refractivity contribution in [2.75, 3.05) is 13.6 Å². The van der Waals surface area contributed by atoms with Crippen molar-refractivity contribution >= 4 is 5.78 Å². The van der Waals surface area contributed by atoms with E-state index in [0.29, 0.717) is 0 Å². The molecule has 0 aromatic heterocycles. The molecule has 1 rings (SSSR count). The zero-order chi connectivity index (χ0) is 12.7. The molecule has 0 aliphatic rings. The molecule has 0 saturated carbocycles. The number of nitrogens with zero attached hydrogens (tertiary/aromatic N) is 1. The van der Waals surface area contributed by atoms with E-state index in [-0.39, 0.29) is 11.8 Å². The van der Waals surface area contributed by atoms with E-state index >= 15 is 0 Å². The summed E-state index contributed by atoms with van der Waals surface area (Å²) >= 11 is 0. The Morgan fingerprint density at radius 1 is 1.24 bits per heavy atom. The third-order valence-corrected chi connectivity index (χ3v) is 3.14. The lowest BCUT2D eigenvalue weighted by atomic mass is 10.0. The number of hydrogen-bond donors (Lipinski definition) is 0. The standard InChI is InChI=1S/C15H23NO/c1-4-6-12-16(3)14(5-2)15(17)13-10-8-7-9-11-13/h7-11,14H,4-6,12H2,1-3H3. The van der Waals surface area contributed by atoms with Crippen LogP contribution in [0.15, 0.2) is 30.3 Å². The quantitative estimate of drug-likeness (QED) is 0.673. The molecule has 0 aliphatic heterocycles. The summed E-state index contributed by atoms with van der Waals surface area (Å²) in [6.45, 7) is 5.25. The van der Waals surface area contributed by atoms with Gasteiger partial charge in [-0.15, -0.1) is 0 Å². The molecule has 2 heteroatoms. The molecule has 1 aromatic carbocycles. The normalized spacial score (nSPS) is 12.7. The molecule has 1 atom stereocenters. The van der Waals surface area contributed by atoms with Gasteiger partial charge in [-0.25, -0.2) is 0 Å². The van der Waals surface area contributed by atoms with Gasteiger partial charge in [0.1, 0.15) is 0 Å². The molecule has 17 heavy (non-hydrogen) atoms. The Kier molecular flexibility index (Phi) is 5.92. The first-order valence-corrected chi connectivity index (χ1v) is 6.50. The smallest absolute Gasteiger partial charge is 0.179 e. The number of benzene rings is 1. The number of hydrogen-bond acceptors (Lipinski definition) is 2. The lowest BCUT2D eigenvalue weighted by Crippen LogP contribution is -2.38. The summed E-state index contributed by atoms with van der Waals surface area (Å²) in [4.78, 5) is 14.5. The number of carbonyl (C=O) groups excluding carboxylic acids is 1. The molecule has 2 nitrogen and oxygen atoms in total. The summed E-state index contributed by atoms with van der Waals surface area (Å²) in [5, 5.41) is 0. The highest BCUT2D eigenvalue weighted by molar-refractivity contribution is 6.00. The molecule has 0 N–H and O–H groups in total. The van der Waals surface area contributed by atoms with Crippen LogP contribution in [0.4, 0.5) is 0 Å². The Hall–Kier alpha value is -1.15. The van der Waals surface area contributed by atoms with E-state index in [9.17, 15) is 4.79 Å². The SMILES string of the molecule is CCCCN(C)C(CC)C(=O)c1ccccc1. The van der Waals surface area contributed by atoms with Crippen LogP contribution in [-0.2, 0) is 0 Å². The fraction of sp³-hybridized carbons (Fsp3) is 0.533. The summed E-state index contributed by atoms with van der Waals surface area (Å²) < 4.78 is 0. The van der Waals surface area contributed by atoms with Gasteiger partial charge in [0.2, 0.25) is 0 Å². The minimum absolute atomic E-state index is 0.0175. The topological polar surface area (TPSA) is 20.3 Å². The minimum Gasteiger partial charge on any atom is -0.296 e. The van der Waals surface area contributed by atoms with Crippen molar-refractivity contribution in [2.45, 2.75) is 39.2 Å². The fourth-order valence-electron chi connectivity index (χ4n) is 2.06. The van der Waals surface area contributed by atoms with Crippen LogP contribution in [0.25, 0.3) is 0 Å². The number of ketones is 1. The Morgan fingerprint density at radius 2 is 1.88 bits per heavy atom. The third-order valence-electron chi connectivity index (χ3n) is 3.14. The predicted octanol–water partition coefficient (Wildman–Crippen LogP) is 3.38. The Labute approximate surface area is 105 Å². The highest BCUT2D eigenvalue weighted by Gasteiger charge is 2.21. The molecule has 0 spiro atoms. The highest BCUT2D eigenvalue weighted by Crippen LogP contribution is 2.11. The van der Waals surface area contributed by atoms with Gasteiger partial charge in [0.05, 0.1) is 6.04 Å². The van der Waals surface area contributed by atoms with Crippen molar-refractivity contribution in [3.05, 3.63) is 35.9 Å². The molecule has 0 aliphatic carbocycles. The Balaban J connectivity index is 2.70. The van der Waals surface area contributed by atoms with Gasteiger partial charge < -0.3 is 0 Å². The second-order valence-electron chi connectivity index (χ2n) is 4.49. The summed E-state index contributed by atoms with van der Waals surface area (Å²) in [5.41, 5.74) is 0.822. The monoisotopic (exact) mass is 233 g/mol. The molecule has 0 amide bonds. The first-order chi connectivity index (χ1) is 8.20. The van der Waals surface area contributed by atoms with Crippen LogP contribution in [0, 0.1) is 0 Å². The Bertz CT molecular complexity index is 334. The van der Waals surface area contributed by atoms with Crippen molar-refractivity contribution in [2.24, 2.45) is 0 Å². The number of carbonyl (C=O) groups is 1. The zero-order valence-electron chi connectivity index (χ0n) is 11.1. The second kappa shape index (κ2) is 7.23. The average molecular weight is 233 g/mol.